The lowest BCUT2D eigenvalue weighted by molar-refractivity contribution is 0.209. The van der Waals surface area contributed by atoms with Gasteiger partial charge in [-0.2, -0.15) is 0 Å². The van der Waals surface area contributed by atoms with E-state index >= 15 is 0 Å². The van der Waals surface area contributed by atoms with Crippen molar-refractivity contribution in [3.05, 3.63) is 16.1 Å². The number of thiazole rings is 1. The van der Waals surface area contributed by atoms with E-state index in [-0.39, 0.29) is 6.03 Å². The third-order valence-electron chi connectivity index (χ3n) is 1.60. The van der Waals surface area contributed by atoms with Crippen molar-refractivity contribution in [3.8, 4) is 0 Å². The Labute approximate surface area is 81.6 Å². The maximum atomic E-state index is 11.1. The molecule has 1 N–H and O–H groups in total. The average molecular weight is 199 g/mol. The van der Waals surface area contributed by atoms with Crippen LogP contribution in [-0.4, -0.2) is 30.0 Å². The van der Waals surface area contributed by atoms with Gasteiger partial charge in [-0.05, 0) is 6.92 Å². The van der Waals surface area contributed by atoms with Crippen LogP contribution in [0, 0.1) is 6.92 Å². The number of carbonyl (C=O) groups is 1. The number of nitrogens with zero attached hydrogens (tertiary/aromatic N) is 2. The Bertz CT molecular complexity index is 297. The normalized spacial score (nSPS) is 9.77. The van der Waals surface area contributed by atoms with Crippen molar-refractivity contribution >= 4 is 17.4 Å². The zero-order valence-electron chi connectivity index (χ0n) is 8.00. The number of aryl methyl sites for hydroxylation is 1. The van der Waals surface area contributed by atoms with Gasteiger partial charge < -0.3 is 10.2 Å². The van der Waals surface area contributed by atoms with Crippen molar-refractivity contribution in [1.29, 1.82) is 0 Å². The molecular weight excluding hydrogens is 186 g/mol. The van der Waals surface area contributed by atoms with Crippen LogP contribution in [0.5, 0.6) is 0 Å². The van der Waals surface area contributed by atoms with Gasteiger partial charge >= 0.3 is 6.03 Å². The predicted molar refractivity (Wildman–Crippen MR) is 52.8 cm³/mol. The first-order chi connectivity index (χ1) is 6.13. The molecule has 1 aromatic heterocycles. The lowest BCUT2D eigenvalue weighted by Gasteiger charge is -2.14. The van der Waals surface area contributed by atoms with E-state index in [1.54, 1.807) is 30.3 Å². The van der Waals surface area contributed by atoms with E-state index in [1.807, 2.05) is 12.3 Å². The van der Waals surface area contributed by atoms with E-state index in [0.29, 0.717) is 6.54 Å². The Morgan fingerprint density at radius 3 is 2.92 bits per heavy atom. The number of amides is 2. The monoisotopic (exact) mass is 199 g/mol. The molecule has 0 atom stereocenters. The Morgan fingerprint density at radius 2 is 2.46 bits per heavy atom. The van der Waals surface area contributed by atoms with Crippen molar-refractivity contribution < 1.29 is 4.79 Å². The SMILES string of the molecule is CNC(=O)N(C)Cc1nc(C)cs1. The van der Waals surface area contributed by atoms with Gasteiger partial charge in [0.25, 0.3) is 0 Å². The summed E-state index contributed by atoms with van der Waals surface area (Å²) in [5, 5.41) is 5.50. The largest absolute Gasteiger partial charge is 0.341 e. The molecule has 4 nitrogen and oxygen atoms in total. The van der Waals surface area contributed by atoms with Gasteiger partial charge in [-0.1, -0.05) is 0 Å². The van der Waals surface area contributed by atoms with Gasteiger partial charge in [0, 0.05) is 25.2 Å². The summed E-state index contributed by atoms with van der Waals surface area (Å²) in [6.07, 6.45) is 0. The Hall–Kier alpha value is -1.10. The molecule has 1 heterocycles. The summed E-state index contributed by atoms with van der Waals surface area (Å²) < 4.78 is 0. The lowest BCUT2D eigenvalue weighted by atomic mass is 10.5. The van der Waals surface area contributed by atoms with Gasteiger partial charge in [0.05, 0.1) is 6.54 Å². The fourth-order valence-corrected chi connectivity index (χ4v) is 1.77. The number of carbonyl (C=O) groups excluding carboxylic acids is 1. The first-order valence-corrected chi connectivity index (χ1v) is 4.85. The van der Waals surface area contributed by atoms with E-state index < -0.39 is 0 Å². The highest BCUT2D eigenvalue weighted by molar-refractivity contribution is 7.09. The second-order valence-electron chi connectivity index (χ2n) is 2.79. The Morgan fingerprint density at radius 1 is 1.77 bits per heavy atom. The van der Waals surface area contributed by atoms with Gasteiger partial charge in [0.1, 0.15) is 5.01 Å². The van der Waals surface area contributed by atoms with Crippen LogP contribution in [0.1, 0.15) is 10.7 Å². The summed E-state index contributed by atoms with van der Waals surface area (Å²) in [5.41, 5.74) is 1.00. The van der Waals surface area contributed by atoms with Crippen molar-refractivity contribution in [1.82, 2.24) is 15.2 Å². The van der Waals surface area contributed by atoms with Gasteiger partial charge in [-0.25, -0.2) is 9.78 Å². The molecule has 13 heavy (non-hydrogen) atoms. The van der Waals surface area contributed by atoms with E-state index in [4.69, 9.17) is 0 Å². The molecule has 1 rings (SSSR count). The summed E-state index contributed by atoms with van der Waals surface area (Å²) in [5.74, 6) is 0. The highest BCUT2D eigenvalue weighted by Crippen LogP contribution is 2.10. The van der Waals surface area contributed by atoms with Crippen molar-refractivity contribution in [2.75, 3.05) is 14.1 Å². The van der Waals surface area contributed by atoms with E-state index in [0.717, 1.165) is 10.7 Å². The van der Waals surface area contributed by atoms with Crippen LogP contribution in [0.4, 0.5) is 4.79 Å². The summed E-state index contributed by atoms with van der Waals surface area (Å²) in [6, 6.07) is -0.0900. The predicted octanol–water partition coefficient (Wildman–Crippen LogP) is 1.22. The number of hydrogen-bond donors (Lipinski definition) is 1. The summed E-state index contributed by atoms with van der Waals surface area (Å²) in [6.45, 7) is 2.51. The highest BCUT2D eigenvalue weighted by Gasteiger charge is 2.08. The Balaban J connectivity index is 2.54. The maximum absolute atomic E-state index is 11.1. The fraction of sp³-hybridized carbons (Fsp3) is 0.500. The minimum Gasteiger partial charge on any atom is -0.341 e. The third-order valence-corrected chi connectivity index (χ3v) is 2.55. The van der Waals surface area contributed by atoms with Gasteiger partial charge in [-0.15, -0.1) is 11.3 Å². The second-order valence-corrected chi connectivity index (χ2v) is 3.74. The van der Waals surface area contributed by atoms with Crippen LogP contribution in [0.25, 0.3) is 0 Å². The molecule has 0 saturated heterocycles. The van der Waals surface area contributed by atoms with Crippen molar-refractivity contribution in [2.24, 2.45) is 0 Å². The molecule has 72 valence electrons. The average Bonchev–Trinajstić information content (AvgIpc) is 2.49. The maximum Gasteiger partial charge on any atom is 0.317 e. The number of urea groups is 1. The highest BCUT2D eigenvalue weighted by atomic mass is 32.1. The number of aromatic nitrogens is 1. The summed E-state index contributed by atoms with van der Waals surface area (Å²) >= 11 is 1.57. The molecule has 0 aliphatic carbocycles. The first kappa shape index (κ1) is 9.98. The molecule has 0 fully saturated rings. The topological polar surface area (TPSA) is 45.2 Å². The molecule has 2 amide bonds. The van der Waals surface area contributed by atoms with E-state index in [2.05, 4.69) is 10.3 Å². The molecule has 0 aliphatic rings. The molecule has 0 saturated carbocycles. The first-order valence-electron chi connectivity index (χ1n) is 3.97. The molecule has 1 aromatic rings. The van der Waals surface area contributed by atoms with Gasteiger partial charge in [0.15, 0.2) is 0 Å². The Kier molecular flexibility index (Phi) is 3.25. The fourth-order valence-electron chi connectivity index (χ4n) is 0.941. The lowest BCUT2D eigenvalue weighted by Crippen LogP contribution is -2.34. The zero-order valence-corrected chi connectivity index (χ0v) is 8.81. The van der Waals surface area contributed by atoms with Crippen molar-refractivity contribution in [3.63, 3.8) is 0 Å². The molecule has 0 unspecified atom stereocenters. The van der Waals surface area contributed by atoms with Crippen LogP contribution in [-0.2, 0) is 6.54 Å². The number of hydrogen-bond acceptors (Lipinski definition) is 3. The smallest absolute Gasteiger partial charge is 0.317 e. The van der Waals surface area contributed by atoms with Gasteiger partial charge in [-0.3, -0.25) is 0 Å². The minimum absolute atomic E-state index is 0.0900. The van der Waals surface area contributed by atoms with Crippen LogP contribution in [0.3, 0.4) is 0 Å². The van der Waals surface area contributed by atoms with Crippen LogP contribution in [0.2, 0.25) is 0 Å². The molecule has 0 radical (unpaired) electrons. The molecule has 0 spiro atoms. The molecular formula is C8H13N3OS. The van der Waals surface area contributed by atoms with Crippen molar-refractivity contribution in [2.45, 2.75) is 13.5 Å². The second kappa shape index (κ2) is 4.23. The van der Waals surface area contributed by atoms with E-state index in [1.165, 1.54) is 0 Å². The molecule has 5 heteroatoms. The van der Waals surface area contributed by atoms with Crippen LogP contribution < -0.4 is 5.32 Å². The minimum atomic E-state index is -0.0900. The molecule has 0 aromatic carbocycles. The number of nitrogens with one attached hydrogen (secondary N) is 1. The number of rotatable bonds is 2. The third kappa shape index (κ3) is 2.69. The van der Waals surface area contributed by atoms with Crippen LogP contribution in [0.15, 0.2) is 5.38 Å². The van der Waals surface area contributed by atoms with E-state index in [9.17, 15) is 4.79 Å². The summed E-state index contributed by atoms with van der Waals surface area (Å²) in [4.78, 5) is 17.0. The van der Waals surface area contributed by atoms with Crippen LogP contribution >= 0.6 is 11.3 Å². The quantitative estimate of drug-likeness (QED) is 0.778. The molecule has 0 bridgehead atoms. The summed E-state index contributed by atoms with van der Waals surface area (Å²) in [7, 11) is 3.36. The molecule has 0 aliphatic heterocycles. The standard InChI is InChI=1S/C8H13N3OS/c1-6-5-13-7(10-6)4-11(3)8(12)9-2/h5H,4H2,1-3H3,(H,9,12). The van der Waals surface area contributed by atoms with Gasteiger partial charge in [0.2, 0.25) is 0 Å². The zero-order chi connectivity index (χ0) is 9.84.